The number of carbonyl (C=O) groups is 1. The van der Waals surface area contributed by atoms with E-state index in [1.807, 2.05) is 6.07 Å². The van der Waals surface area contributed by atoms with Crippen LogP contribution in [0.2, 0.25) is 0 Å². The molecule has 0 aliphatic rings. The first-order valence-electron chi connectivity index (χ1n) is 3.98. The number of hydrogen-bond acceptors (Lipinski definition) is 2. The highest BCUT2D eigenvalue weighted by Gasteiger charge is 2.22. The number of amides is 1. The molecule has 1 aromatic rings. The second kappa shape index (κ2) is 4.88. The van der Waals surface area contributed by atoms with Crippen molar-refractivity contribution in [3.63, 3.8) is 0 Å². The molecular weight excluding hydrogens is 202 g/mol. The first-order valence-corrected chi connectivity index (χ1v) is 5.60. The van der Waals surface area contributed by atoms with Crippen molar-refractivity contribution in [2.24, 2.45) is 0 Å². The van der Waals surface area contributed by atoms with Crippen molar-refractivity contribution in [1.29, 1.82) is 0 Å². The number of benzene rings is 1. The molecule has 2 unspecified atom stereocenters. The van der Waals surface area contributed by atoms with E-state index in [1.54, 1.807) is 24.3 Å². The minimum atomic E-state index is -1.27. The second-order valence-electron chi connectivity index (χ2n) is 2.74. The van der Waals surface area contributed by atoms with Crippen LogP contribution < -0.4 is 5.32 Å². The summed E-state index contributed by atoms with van der Waals surface area (Å²) in [5.74, 6) is 0. The smallest absolute Gasteiger partial charge is 0.408 e. The molecule has 0 spiro atoms. The fourth-order valence-corrected chi connectivity index (χ4v) is 1.91. The lowest BCUT2D eigenvalue weighted by atomic mass is 10.2. The Morgan fingerprint density at radius 2 is 2.07 bits per heavy atom. The van der Waals surface area contributed by atoms with Crippen molar-refractivity contribution in [2.45, 2.75) is 5.37 Å². The predicted molar refractivity (Wildman–Crippen MR) is 54.4 cm³/mol. The number of carboxylic acid groups (broad SMARTS) is 1. The van der Waals surface area contributed by atoms with Gasteiger partial charge in [0, 0.05) is 5.56 Å². The van der Waals surface area contributed by atoms with Crippen molar-refractivity contribution in [3.05, 3.63) is 35.9 Å². The molecule has 0 aliphatic carbocycles. The van der Waals surface area contributed by atoms with E-state index >= 15 is 0 Å². The van der Waals surface area contributed by atoms with Crippen LogP contribution in [0.15, 0.2) is 30.3 Å². The maximum atomic E-state index is 11.3. The molecule has 2 N–H and O–H groups in total. The van der Waals surface area contributed by atoms with Crippen LogP contribution in [0.4, 0.5) is 4.79 Å². The van der Waals surface area contributed by atoms with Crippen LogP contribution >= 0.6 is 0 Å². The summed E-state index contributed by atoms with van der Waals surface area (Å²) in [6.45, 7) is 0. The van der Waals surface area contributed by atoms with E-state index in [-0.39, 0.29) is 0 Å². The molecule has 5 heteroatoms. The molecule has 0 bridgehead atoms. The summed E-state index contributed by atoms with van der Waals surface area (Å²) in [6.07, 6.45) is 0.294. The SMILES string of the molecule is C[S+]([O-])C(NC(=O)O)c1ccccc1. The summed E-state index contributed by atoms with van der Waals surface area (Å²) < 4.78 is 11.3. The standard InChI is InChI=1S/C9H11NO3S/c1-14(13)8(10-9(11)12)7-5-3-2-4-6-7/h2-6,8,10H,1H3,(H,11,12). The molecule has 14 heavy (non-hydrogen) atoms. The van der Waals surface area contributed by atoms with Gasteiger partial charge in [-0.2, -0.15) is 0 Å². The van der Waals surface area contributed by atoms with Crippen molar-refractivity contribution in [2.75, 3.05) is 6.26 Å². The molecule has 0 fully saturated rings. The lowest BCUT2D eigenvalue weighted by Gasteiger charge is -2.18. The molecule has 4 nitrogen and oxygen atoms in total. The molecule has 0 saturated heterocycles. The number of rotatable bonds is 3. The van der Waals surface area contributed by atoms with Crippen LogP contribution in [0.1, 0.15) is 10.9 Å². The van der Waals surface area contributed by atoms with Gasteiger partial charge in [-0.15, -0.1) is 0 Å². The van der Waals surface area contributed by atoms with Gasteiger partial charge >= 0.3 is 6.09 Å². The highest BCUT2D eigenvalue weighted by molar-refractivity contribution is 7.90. The van der Waals surface area contributed by atoms with Gasteiger partial charge in [0.15, 0.2) is 0 Å². The Bertz CT molecular complexity index is 302. The van der Waals surface area contributed by atoms with Gasteiger partial charge in [-0.1, -0.05) is 30.3 Å². The molecule has 0 aliphatic heterocycles. The summed E-state index contributed by atoms with van der Waals surface area (Å²) in [4.78, 5) is 10.4. The van der Waals surface area contributed by atoms with Gasteiger partial charge in [0.2, 0.25) is 5.37 Å². The number of hydrogen-bond donors (Lipinski definition) is 2. The van der Waals surface area contributed by atoms with Crippen LogP contribution in [0, 0.1) is 0 Å². The van der Waals surface area contributed by atoms with Gasteiger partial charge in [-0.05, 0) is 11.2 Å². The van der Waals surface area contributed by atoms with E-state index in [1.165, 1.54) is 6.26 Å². The first kappa shape index (κ1) is 10.9. The van der Waals surface area contributed by atoms with Crippen molar-refractivity contribution >= 4 is 17.3 Å². The van der Waals surface area contributed by atoms with E-state index in [0.29, 0.717) is 5.56 Å². The topological polar surface area (TPSA) is 72.4 Å². The summed E-state index contributed by atoms with van der Waals surface area (Å²) in [5.41, 5.74) is 0.704. The molecular formula is C9H11NO3S. The molecule has 1 rings (SSSR count). The van der Waals surface area contributed by atoms with Gasteiger partial charge in [0.05, 0.1) is 6.26 Å². The molecule has 1 amide bonds. The fourth-order valence-electron chi connectivity index (χ4n) is 1.10. The summed E-state index contributed by atoms with van der Waals surface area (Å²) in [7, 11) is 0. The average molecular weight is 213 g/mol. The van der Waals surface area contributed by atoms with Gasteiger partial charge < -0.3 is 9.66 Å². The third-order valence-electron chi connectivity index (χ3n) is 1.69. The van der Waals surface area contributed by atoms with Crippen molar-refractivity contribution in [1.82, 2.24) is 5.32 Å². The maximum Gasteiger partial charge on any atom is 0.408 e. The second-order valence-corrected chi connectivity index (χ2v) is 4.21. The fraction of sp³-hybridized carbons (Fsp3) is 0.222. The van der Waals surface area contributed by atoms with E-state index in [2.05, 4.69) is 5.32 Å². The Labute approximate surface area is 85.1 Å². The molecule has 1 aromatic carbocycles. The van der Waals surface area contributed by atoms with E-state index < -0.39 is 22.6 Å². The van der Waals surface area contributed by atoms with Crippen LogP contribution in [0.25, 0.3) is 0 Å². The minimum absolute atomic E-state index is 0.659. The first-order chi connectivity index (χ1) is 6.61. The average Bonchev–Trinajstić information content (AvgIpc) is 2.15. The van der Waals surface area contributed by atoms with E-state index in [4.69, 9.17) is 5.11 Å². The van der Waals surface area contributed by atoms with Crippen molar-refractivity contribution < 1.29 is 14.5 Å². The molecule has 0 aromatic heterocycles. The van der Waals surface area contributed by atoms with Gasteiger partial charge in [0.1, 0.15) is 0 Å². The van der Waals surface area contributed by atoms with E-state index in [9.17, 15) is 9.35 Å². The molecule has 2 atom stereocenters. The predicted octanol–water partition coefficient (Wildman–Crippen LogP) is 1.33. The summed E-state index contributed by atoms with van der Waals surface area (Å²) >= 11 is -1.27. The monoisotopic (exact) mass is 213 g/mol. The third-order valence-corrected chi connectivity index (χ3v) is 2.74. The van der Waals surface area contributed by atoms with Crippen molar-refractivity contribution in [3.8, 4) is 0 Å². The Kier molecular flexibility index (Phi) is 3.79. The quantitative estimate of drug-likeness (QED) is 0.744. The molecule has 0 saturated carbocycles. The van der Waals surface area contributed by atoms with Gasteiger partial charge in [-0.25, -0.2) is 4.79 Å². The van der Waals surface area contributed by atoms with Crippen LogP contribution in [-0.2, 0) is 11.2 Å². The molecule has 0 radical (unpaired) electrons. The highest BCUT2D eigenvalue weighted by Crippen LogP contribution is 2.17. The zero-order valence-electron chi connectivity index (χ0n) is 7.64. The number of nitrogens with one attached hydrogen (secondary N) is 1. The summed E-state index contributed by atoms with van der Waals surface area (Å²) in [5, 5.41) is 10.1. The van der Waals surface area contributed by atoms with Crippen LogP contribution in [0.5, 0.6) is 0 Å². The van der Waals surface area contributed by atoms with Gasteiger partial charge in [-0.3, -0.25) is 5.32 Å². The third kappa shape index (κ3) is 2.93. The lowest BCUT2D eigenvalue weighted by Crippen LogP contribution is -2.32. The van der Waals surface area contributed by atoms with Crippen LogP contribution in [-0.4, -0.2) is 22.0 Å². The Balaban J connectivity index is 2.83. The normalized spacial score (nSPS) is 14.4. The highest BCUT2D eigenvalue weighted by atomic mass is 32.2. The molecule has 76 valence electrons. The lowest BCUT2D eigenvalue weighted by molar-refractivity contribution is 0.193. The summed E-state index contributed by atoms with van der Waals surface area (Å²) in [6, 6.07) is 8.85. The Morgan fingerprint density at radius 3 is 2.50 bits per heavy atom. The Morgan fingerprint density at radius 1 is 1.50 bits per heavy atom. The maximum absolute atomic E-state index is 11.3. The zero-order valence-corrected chi connectivity index (χ0v) is 8.45. The largest absolute Gasteiger partial charge is 0.615 e. The Hall–Kier alpha value is -1.20. The van der Waals surface area contributed by atoms with Crippen LogP contribution in [0.3, 0.4) is 0 Å². The minimum Gasteiger partial charge on any atom is -0.615 e. The zero-order chi connectivity index (χ0) is 10.6. The van der Waals surface area contributed by atoms with Gasteiger partial charge in [0.25, 0.3) is 0 Å². The van der Waals surface area contributed by atoms with E-state index in [0.717, 1.165) is 0 Å². The molecule has 0 heterocycles.